The Morgan fingerprint density at radius 1 is 1.43 bits per heavy atom. The van der Waals surface area contributed by atoms with E-state index in [1.54, 1.807) is 0 Å². The lowest BCUT2D eigenvalue weighted by Gasteiger charge is -2.54. The van der Waals surface area contributed by atoms with Gasteiger partial charge in [0.25, 0.3) is 0 Å². The van der Waals surface area contributed by atoms with Crippen LogP contribution in [0.3, 0.4) is 0 Å². The van der Waals surface area contributed by atoms with Gasteiger partial charge >= 0.3 is 0 Å². The van der Waals surface area contributed by atoms with Gasteiger partial charge in [-0.15, -0.1) is 35.3 Å². The van der Waals surface area contributed by atoms with Crippen LogP contribution >= 0.6 is 35.3 Å². The molecule has 0 amide bonds. The van der Waals surface area contributed by atoms with Gasteiger partial charge in [0.05, 0.1) is 12.6 Å². The third-order valence-electron chi connectivity index (χ3n) is 4.93. The summed E-state index contributed by atoms with van der Waals surface area (Å²) in [6.45, 7) is 11.4. The molecule has 1 aromatic heterocycles. The molecule has 1 aromatic rings. The summed E-state index contributed by atoms with van der Waals surface area (Å²) >= 11 is 1.82. The summed E-state index contributed by atoms with van der Waals surface area (Å²) in [6, 6.07) is 4.77. The Balaban J connectivity index is 0.00000192. The number of guanidine groups is 1. The van der Waals surface area contributed by atoms with Crippen molar-refractivity contribution in [2.24, 2.45) is 16.3 Å². The van der Waals surface area contributed by atoms with Gasteiger partial charge in [0.2, 0.25) is 0 Å². The number of halogens is 1. The van der Waals surface area contributed by atoms with Gasteiger partial charge in [-0.05, 0) is 32.4 Å². The first-order valence-electron chi connectivity index (χ1n) is 8.24. The second kappa shape index (κ2) is 7.70. The van der Waals surface area contributed by atoms with Crippen LogP contribution in [0.2, 0.25) is 0 Å². The second-order valence-electron chi connectivity index (χ2n) is 6.89. The van der Waals surface area contributed by atoms with E-state index in [1.807, 2.05) is 11.3 Å². The Kier molecular flexibility index (Phi) is 6.35. The molecule has 2 N–H and O–H groups in total. The zero-order valence-corrected chi connectivity index (χ0v) is 17.5. The van der Waals surface area contributed by atoms with Gasteiger partial charge in [-0.25, -0.2) is 4.99 Å². The Labute approximate surface area is 160 Å². The summed E-state index contributed by atoms with van der Waals surface area (Å²) in [7, 11) is 0. The fraction of sp³-hybridized carbons (Fsp3) is 0.706. The van der Waals surface area contributed by atoms with Crippen LogP contribution < -0.4 is 10.6 Å². The van der Waals surface area contributed by atoms with Gasteiger partial charge in [0, 0.05) is 40.3 Å². The third-order valence-corrected chi connectivity index (χ3v) is 5.91. The normalized spacial score (nSPS) is 28.5. The topological polar surface area (TPSA) is 45.7 Å². The van der Waals surface area contributed by atoms with Crippen molar-refractivity contribution in [3.8, 4) is 0 Å². The van der Waals surface area contributed by atoms with Crippen LogP contribution in [0, 0.1) is 18.3 Å². The molecule has 0 aromatic carbocycles. The van der Waals surface area contributed by atoms with E-state index in [0.717, 1.165) is 32.1 Å². The minimum atomic E-state index is 0. The maximum Gasteiger partial charge on any atom is 0.191 e. The first-order valence-corrected chi connectivity index (χ1v) is 9.05. The van der Waals surface area contributed by atoms with Crippen molar-refractivity contribution < 1.29 is 4.74 Å². The molecule has 6 heteroatoms. The van der Waals surface area contributed by atoms with Gasteiger partial charge in [0.15, 0.2) is 5.96 Å². The van der Waals surface area contributed by atoms with Crippen molar-refractivity contribution in [2.45, 2.75) is 52.8 Å². The van der Waals surface area contributed by atoms with E-state index in [2.05, 4.69) is 50.5 Å². The molecular formula is C17H28IN3OS. The number of rotatable bonds is 4. The van der Waals surface area contributed by atoms with Crippen LogP contribution in [0.15, 0.2) is 17.1 Å². The van der Waals surface area contributed by atoms with Crippen LogP contribution in [0.4, 0.5) is 0 Å². The molecule has 1 aliphatic heterocycles. The first-order chi connectivity index (χ1) is 10.5. The fourth-order valence-electron chi connectivity index (χ4n) is 3.81. The molecule has 2 aliphatic rings. The molecular weight excluding hydrogens is 421 g/mol. The van der Waals surface area contributed by atoms with Gasteiger partial charge in [0.1, 0.15) is 0 Å². The number of hydrogen-bond donors (Lipinski definition) is 2. The molecule has 4 nitrogen and oxygen atoms in total. The highest BCUT2D eigenvalue weighted by Gasteiger charge is 2.59. The molecule has 0 radical (unpaired) electrons. The molecule has 1 saturated heterocycles. The number of nitrogens with zero attached hydrogens (tertiary/aromatic N) is 1. The number of thiophene rings is 1. The van der Waals surface area contributed by atoms with Gasteiger partial charge in [-0.2, -0.15) is 0 Å². The van der Waals surface area contributed by atoms with E-state index in [0.29, 0.717) is 18.1 Å². The molecule has 23 heavy (non-hydrogen) atoms. The van der Waals surface area contributed by atoms with E-state index in [1.165, 1.54) is 9.75 Å². The van der Waals surface area contributed by atoms with Crippen molar-refractivity contribution in [2.75, 3.05) is 13.2 Å². The molecule has 2 fully saturated rings. The molecule has 0 bridgehead atoms. The zero-order chi connectivity index (χ0) is 15.7. The maximum absolute atomic E-state index is 5.87. The largest absolute Gasteiger partial charge is 0.377 e. The van der Waals surface area contributed by atoms with Crippen molar-refractivity contribution in [3.63, 3.8) is 0 Å². The van der Waals surface area contributed by atoms with Crippen molar-refractivity contribution in [3.05, 3.63) is 21.9 Å². The summed E-state index contributed by atoms with van der Waals surface area (Å²) in [4.78, 5) is 7.41. The van der Waals surface area contributed by atoms with Crippen molar-refractivity contribution in [1.29, 1.82) is 0 Å². The summed E-state index contributed by atoms with van der Waals surface area (Å²) in [6.07, 6.45) is 1.57. The van der Waals surface area contributed by atoms with E-state index in [4.69, 9.17) is 9.73 Å². The smallest absolute Gasteiger partial charge is 0.191 e. The average Bonchev–Trinajstić information content (AvgIpc) is 3.09. The maximum atomic E-state index is 5.87. The van der Waals surface area contributed by atoms with Gasteiger partial charge in [-0.3, -0.25) is 0 Å². The molecule has 1 aliphatic carbocycles. The first kappa shape index (κ1) is 19.0. The number of nitrogens with one attached hydrogen (secondary N) is 2. The SMILES string of the molecule is CCNC(=NCc1ccc(C)s1)NC1C2CCOC2C1(C)C.I. The minimum absolute atomic E-state index is 0. The monoisotopic (exact) mass is 449 g/mol. The van der Waals surface area contributed by atoms with Crippen molar-refractivity contribution >= 4 is 41.3 Å². The van der Waals surface area contributed by atoms with E-state index >= 15 is 0 Å². The molecule has 0 spiro atoms. The van der Waals surface area contributed by atoms with Crippen LogP contribution in [0.25, 0.3) is 0 Å². The molecule has 2 heterocycles. The lowest BCUT2D eigenvalue weighted by molar-refractivity contribution is -0.106. The highest BCUT2D eigenvalue weighted by atomic mass is 127. The number of fused-ring (bicyclic) bond motifs is 1. The standard InChI is InChI=1S/C17H27N3OS.HI/c1-5-18-16(19-10-12-7-6-11(2)22-12)20-14-13-8-9-21-15(13)17(14,3)4;/h6-7,13-15H,5,8-10H2,1-4H3,(H2,18,19,20);1H. The quantitative estimate of drug-likeness (QED) is 0.420. The van der Waals surface area contributed by atoms with E-state index in [9.17, 15) is 0 Å². The zero-order valence-electron chi connectivity index (χ0n) is 14.4. The van der Waals surface area contributed by atoms with Crippen LogP contribution in [0.5, 0.6) is 0 Å². The Hall–Kier alpha value is -0.340. The summed E-state index contributed by atoms with van der Waals surface area (Å²) < 4.78 is 5.87. The lowest BCUT2D eigenvalue weighted by Crippen LogP contribution is -2.67. The predicted molar refractivity (Wildman–Crippen MR) is 108 cm³/mol. The van der Waals surface area contributed by atoms with Crippen LogP contribution in [-0.2, 0) is 11.3 Å². The molecule has 3 atom stereocenters. The van der Waals surface area contributed by atoms with Crippen LogP contribution in [0.1, 0.15) is 36.9 Å². The fourth-order valence-corrected chi connectivity index (χ4v) is 4.63. The molecule has 1 saturated carbocycles. The number of ether oxygens (including phenoxy) is 1. The van der Waals surface area contributed by atoms with E-state index < -0.39 is 0 Å². The molecule has 3 unspecified atom stereocenters. The predicted octanol–water partition coefficient (Wildman–Crippen LogP) is 3.54. The summed E-state index contributed by atoms with van der Waals surface area (Å²) in [5, 5.41) is 7.04. The minimum Gasteiger partial charge on any atom is -0.377 e. The number of aliphatic imine (C=N–C) groups is 1. The lowest BCUT2D eigenvalue weighted by atomic mass is 9.57. The Morgan fingerprint density at radius 3 is 2.87 bits per heavy atom. The van der Waals surface area contributed by atoms with Gasteiger partial charge in [-0.1, -0.05) is 13.8 Å². The number of hydrogen-bond acceptors (Lipinski definition) is 3. The molecule has 3 rings (SSSR count). The second-order valence-corrected chi connectivity index (χ2v) is 8.27. The van der Waals surface area contributed by atoms with Crippen LogP contribution in [-0.4, -0.2) is 31.3 Å². The Bertz CT molecular complexity index is 558. The highest BCUT2D eigenvalue weighted by molar-refractivity contribution is 14.0. The van der Waals surface area contributed by atoms with E-state index in [-0.39, 0.29) is 29.4 Å². The average molecular weight is 449 g/mol. The van der Waals surface area contributed by atoms with Gasteiger partial charge < -0.3 is 15.4 Å². The molecule has 130 valence electrons. The van der Waals surface area contributed by atoms with Crippen molar-refractivity contribution in [1.82, 2.24) is 10.6 Å². The number of aryl methyl sites for hydroxylation is 1. The summed E-state index contributed by atoms with van der Waals surface area (Å²) in [5.41, 5.74) is 0.177. The Morgan fingerprint density at radius 2 is 2.22 bits per heavy atom. The highest BCUT2D eigenvalue weighted by Crippen LogP contribution is 2.52. The third kappa shape index (κ3) is 3.85. The summed E-state index contributed by atoms with van der Waals surface area (Å²) in [5.74, 6) is 1.56.